The van der Waals surface area contributed by atoms with Gasteiger partial charge < -0.3 is 20.5 Å². The van der Waals surface area contributed by atoms with Crippen molar-refractivity contribution < 1.29 is 14.3 Å². The zero-order valence-corrected chi connectivity index (χ0v) is 14.2. The first-order valence-electron chi connectivity index (χ1n) is 7.47. The van der Waals surface area contributed by atoms with Gasteiger partial charge in [-0.15, -0.1) is 11.3 Å². The molecule has 0 saturated carbocycles. The highest BCUT2D eigenvalue weighted by atomic mass is 32.1. The summed E-state index contributed by atoms with van der Waals surface area (Å²) < 4.78 is 11.0. The summed E-state index contributed by atoms with van der Waals surface area (Å²) in [5.41, 5.74) is 6.19. The van der Waals surface area contributed by atoms with Gasteiger partial charge >= 0.3 is 6.09 Å². The molecule has 0 aliphatic carbocycles. The average Bonchev–Trinajstić information content (AvgIpc) is 2.83. The van der Waals surface area contributed by atoms with E-state index in [1.165, 1.54) is 0 Å². The predicted molar refractivity (Wildman–Crippen MR) is 88.0 cm³/mol. The molecule has 1 saturated heterocycles. The molecule has 0 bridgehead atoms. The van der Waals surface area contributed by atoms with Crippen molar-refractivity contribution in [3.63, 3.8) is 0 Å². The second kappa shape index (κ2) is 7.30. The summed E-state index contributed by atoms with van der Waals surface area (Å²) in [6, 6.07) is 1.88. The summed E-state index contributed by atoms with van der Waals surface area (Å²) >= 11 is 1.63. The predicted octanol–water partition coefficient (Wildman–Crippen LogP) is 2.06. The fourth-order valence-corrected chi connectivity index (χ4v) is 3.00. The third-order valence-corrected chi connectivity index (χ3v) is 4.24. The molecule has 1 fully saturated rings. The van der Waals surface area contributed by atoms with Crippen molar-refractivity contribution in [1.29, 1.82) is 0 Å². The fourth-order valence-electron chi connectivity index (χ4n) is 2.23. The van der Waals surface area contributed by atoms with E-state index in [4.69, 9.17) is 15.2 Å². The third kappa shape index (κ3) is 4.86. The number of nitrogens with one attached hydrogen (secondary N) is 1. The Balaban J connectivity index is 1.87. The minimum absolute atomic E-state index is 0.0233. The van der Waals surface area contributed by atoms with Crippen molar-refractivity contribution in [3.8, 4) is 0 Å². The van der Waals surface area contributed by atoms with E-state index < -0.39 is 5.60 Å². The largest absolute Gasteiger partial charge is 0.444 e. The smallest absolute Gasteiger partial charge is 0.410 e. The van der Waals surface area contributed by atoms with E-state index >= 15 is 0 Å². The quantitative estimate of drug-likeness (QED) is 0.885. The lowest BCUT2D eigenvalue weighted by molar-refractivity contribution is -0.0317. The van der Waals surface area contributed by atoms with Gasteiger partial charge in [-0.3, -0.25) is 4.90 Å². The molecule has 6 nitrogen and oxygen atoms in total. The van der Waals surface area contributed by atoms with Gasteiger partial charge in [-0.1, -0.05) is 0 Å². The van der Waals surface area contributed by atoms with Gasteiger partial charge in [-0.2, -0.15) is 0 Å². The summed E-state index contributed by atoms with van der Waals surface area (Å²) in [5.74, 6) is 0. The van der Waals surface area contributed by atoms with E-state index in [1.807, 2.05) is 32.2 Å². The number of amides is 1. The molecule has 3 N–H and O–H groups in total. The van der Waals surface area contributed by atoms with E-state index in [1.54, 1.807) is 16.2 Å². The highest BCUT2D eigenvalue weighted by Crippen LogP contribution is 2.18. The maximum atomic E-state index is 12.3. The number of hydrogen-bond acceptors (Lipinski definition) is 6. The Morgan fingerprint density at radius 1 is 1.59 bits per heavy atom. The number of rotatable bonds is 4. The molecule has 2 rings (SSSR count). The van der Waals surface area contributed by atoms with Crippen molar-refractivity contribution in [2.45, 2.75) is 39.0 Å². The average molecular weight is 327 g/mol. The van der Waals surface area contributed by atoms with Crippen LogP contribution in [-0.2, 0) is 16.0 Å². The summed E-state index contributed by atoms with van der Waals surface area (Å²) in [4.78, 5) is 15.1. The SMILES string of the molecule is CC(C)(C)OC(=O)N1CCOCC1CNCc1sccc1N. The highest BCUT2D eigenvalue weighted by molar-refractivity contribution is 7.10. The van der Waals surface area contributed by atoms with Crippen LogP contribution in [0.4, 0.5) is 10.5 Å². The lowest BCUT2D eigenvalue weighted by atomic mass is 10.2. The number of thiophene rings is 1. The number of carbonyl (C=O) groups excluding carboxylic acids is 1. The first kappa shape index (κ1) is 17.1. The minimum atomic E-state index is -0.487. The monoisotopic (exact) mass is 327 g/mol. The molecule has 0 spiro atoms. The van der Waals surface area contributed by atoms with E-state index in [-0.39, 0.29) is 12.1 Å². The summed E-state index contributed by atoms with van der Waals surface area (Å²) in [5, 5.41) is 5.32. The van der Waals surface area contributed by atoms with Gasteiger partial charge in [0.15, 0.2) is 0 Å². The molecular formula is C15H25N3O3S. The molecule has 1 aromatic heterocycles. The zero-order valence-electron chi connectivity index (χ0n) is 13.4. The van der Waals surface area contributed by atoms with Crippen LogP contribution >= 0.6 is 11.3 Å². The van der Waals surface area contributed by atoms with Crippen LogP contribution in [0.25, 0.3) is 0 Å². The second-order valence-corrected chi connectivity index (χ2v) is 7.33. The molecule has 1 aliphatic heterocycles. The fraction of sp³-hybridized carbons (Fsp3) is 0.667. The molecule has 1 aliphatic rings. The van der Waals surface area contributed by atoms with Crippen LogP contribution in [-0.4, -0.2) is 48.9 Å². The molecule has 1 amide bonds. The molecule has 1 aromatic rings. The van der Waals surface area contributed by atoms with Gasteiger partial charge in [0.05, 0.1) is 19.3 Å². The van der Waals surface area contributed by atoms with Gasteiger partial charge in [0.25, 0.3) is 0 Å². The molecule has 1 unspecified atom stereocenters. The number of ether oxygens (including phenoxy) is 2. The van der Waals surface area contributed by atoms with Crippen LogP contribution in [0.2, 0.25) is 0 Å². The van der Waals surface area contributed by atoms with Crippen molar-refractivity contribution in [2.75, 3.05) is 32.0 Å². The van der Waals surface area contributed by atoms with Crippen LogP contribution in [0.1, 0.15) is 25.6 Å². The van der Waals surface area contributed by atoms with E-state index in [9.17, 15) is 4.79 Å². The normalized spacial score (nSPS) is 19.2. The molecule has 124 valence electrons. The Morgan fingerprint density at radius 2 is 2.36 bits per heavy atom. The Hall–Kier alpha value is -1.31. The van der Waals surface area contributed by atoms with Gasteiger partial charge in [0.2, 0.25) is 0 Å². The van der Waals surface area contributed by atoms with Gasteiger partial charge in [0.1, 0.15) is 5.60 Å². The first-order valence-corrected chi connectivity index (χ1v) is 8.35. The van der Waals surface area contributed by atoms with Crippen LogP contribution in [0.3, 0.4) is 0 Å². The maximum absolute atomic E-state index is 12.3. The molecule has 0 radical (unpaired) electrons. The van der Waals surface area contributed by atoms with Crippen LogP contribution in [0, 0.1) is 0 Å². The Bertz CT molecular complexity index is 498. The number of hydrogen-bond donors (Lipinski definition) is 2. The summed E-state index contributed by atoms with van der Waals surface area (Å²) in [7, 11) is 0. The van der Waals surface area contributed by atoms with Crippen molar-refractivity contribution in [2.24, 2.45) is 0 Å². The Kier molecular flexibility index (Phi) is 5.66. The third-order valence-electron chi connectivity index (χ3n) is 3.30. The topological polar surface area (TPSA) is 76.8 Å². The number of nitrogen functional groups attached to an aromatic ring is 1. The van der Waals surface area contributed by atoms with Crippen molar-refractivity contribution in [3.05, 3.63) is 16.3 Å². The maximum Gasteiger partial charge on any atom is 0.410 e. The number of morpholine rings is 1. The molecule has 1 atom stereocenters. The Labute approximate surface area is 135 Å². The van der Waals surface area contributed by atoms with Gasteiger partial charge in [0, 0.05) is 30.2 Å². The first-order chi connectivity index (χ1) is 10.4. The van der Waals surface area contributed by atoms with Gasteiger partial charge in [-0.25, -0.2) is 4.79 Å². The number of carbonyl (C=O) groups is 1. The van der Waals surface area contributed by atoms with E-state index in [0.29, 0.717) is 32.8 Å². The molecule has 2 heterocycles. The molecule has 7 heteroatoms. The molecular weight excluding hydrogens is 302 g/mol. The number of nitrogens with zero attached hydrogens (tertiary/aromatic N) is 1. The van der Waals surface area contributed by atoms with E-state index in [2.05, 4.69) is 5.32 Å². The van der Waals surface area contributed by atoms with Crippen LogP contribution in [0.15, 0.2) is 11.4 Å². The second-order valence-electron chi connectivity index (χ2n) is 6.33. The summed E-state index contributed by atoms with van der Waals surface area (Å²) in [6.07, 6.45) is -0.279. The summed E-state index contributed by atoms with van der Waals surface area (Å²) in [6.45, 7) is 8.59. The van der Waals surface area contributed by atoms with Crippen LogP contribution in [0.5, 0.6) is 0 Å². The number of anilines is 1. The van der Waals surface area contributed by atoms with Gasteiger partial charge in [-0.05, 0) is 32.2 Å². The lowest BCUT2D eigenvalue weighted by Gasteiger charge is -2.36. The zero-order chi connectivity index (χ0) is 16.2. The van der Waals surface area contributed by atoms with Crippen LogP contribution < -0.4 is 11.1 Å². The van der Waals surface area contributed by atoms with Crippen molar-refractivity contribution in [1.82, 2.24) is 10.2 Å². The van der Waals surface area contributed by atoms with E-state index in [0.717, 1.165) is 10.6 Å². The lowest BCUT2D eigenvalue weighted by Crippen LogP contribution is -2.53. The van der Waals surface area contributed by atoms with Crippen molar-refractivity contribution >= 4 is 23.1 Å². The number of nitrogens with two attached hydrogens (primary N) is 1. The molecule has 0 aromatic carbocycles. The minimum Gasteiger partial charge on any atom is -0.444 e. The standard InChI is InChI=1S/C15H25N3O3S/c1-15(2,3)21-14(19)18-5-6-20-10-11(18)8-17-9-13-12(16)4-7-22-13/h4,7,11,17H,5-6,8-10,16H2,1-3H3. The molecule has 22 heavy (non-hydrogen) atoms. The highest BCUT2D eigenvalue weighted by Gasteiger charge is 2.30. The Morgan fingerprint density at radius 3 is 3.00 bits per heavy atom.